The maximum atomic E-state index is 13.6. The second-order valence-corrected chi connectivity index (χ2v) is 5.29. The molecule has 1 amide bonds. The van der Waals surface area contributed by atoms with E-state index in [2.05, 4.69) is 15.6 Å². The summed E-state index contributed by atoms with van der Waals surface area (Å²) in [6, 6.07) is 15.2. The number of hydrogen-bond acceptors (Lipinski definition) is 4. The van der Waals surface area contributed by atoms with E-state index in [0.29, 0.717) is 16.9 Å². The Hall–Kier alpha value is -3.79. The molecule has 3 aromatic rings. The molecule has 1 aromatic heterocycles. The van der Waals surface area contributed by atoms with E-state index in [-0.39, 0.29) is 5.69 Å². The predicted octanol–water partition coefficient (Wildman–Crippen LogP) is 4.23. The molecule has 5 nitrogen and oxygen atoms in total. The van der Waals surface area contributed by atoms with Crippen molar-refractivity contribution in [2.24, 2.45) is 0 Å². The van der Waals surface area contributed by atoms with Gasteiger partial charge in [0.15, 0.2) is 0 Å². The molecule has 0 aliphatic heterocycles. The van der Waals surface area contributed by atoms with Crippen LogP contribution in [0.3, 0.4) is 0 Å². The zero-order valence-corrected chi connectivity index (χ0v) is 13.3. The quantitative estimate of drug-likeness (QED) is 0.738. The standard InChI is InChI=1S/C19H12F2N4O/c20-15-2-1-3-16(21)18(15)25-19(26)17-10-14(8-9-23-17)24-13-6-4-12(11-22)5-7-13/h1-10H,(H,23,24)(H,25,26). The van der Waals surface area contributed by atoms with Gasteiger partial charge in [-0.25, -0.2) is 8.78 Å². The molecule has 0 fully saturated rings. The number of carbonyl (C=O) groups excluding carboxylic acids is 1. The van der Waals surface area contributed by atoms with Gasteiger partial charge in [0.1, 0.15) is 23.0 Å². The van der Waals surface area contributed by atoms with Crippen molar-refractivity contribution in [1.82, 2.24) is 4.98 Å². The van der Waals surface area contributed by atoms with E-state index in [9.17, 15) is 13.6 Å². The average molecular weight is 350 g/mol. The van der Waals surface area contributed by atoms with Gasteiger partial charge in [0.2, 0.25) is 0 Å². The lowest BCUT2D eigenvalue weighted by atomic mass is 10.2. The number of nitrogens with zero attached hydrogens (tertiary/aromatic N) is 2. The molecular weight excluding hydrogens is 338 g/mol. The molecule has 0 saturated heterocycles. The molecule has 0 bridgehead atoms. The van der Waals surface area contributed by atoms with Crippen molar-refractivity contribution in [3.63, 3.8) is 0 Å². The van der Waals surface area contributed by atoms with Gasteiger partial charge in [-0.15, -0.1) is 0 Å². The third-order valence-corrected chi connectivity index (χ3v) is 3.50. The maximum Gasteiger partial charge on any atom is 0.274 e. The highest BCUT2D eigenvalue weighted by Gasteiger charge is 2.14. The lowest BCUT2D eigenvalue weighted by Crippen LogP contribution is -2.16. The molecule has 0 aliphatic rings. The van der Waals surface area contributed by atoms with Crippen LogP contribution in [-0.4, -0.2) is 10.9 Å². The summed E-state index contributed by atoms with van der Waals surface area (Å²) in [6.07, 6.45) is 1.40. The SMILES string of the molecule is N#Cc1ccc(Nc2ccnc(C(=O)Nc3c(F)cccc3F)c2)cc1. The first-order valence-electron chi connectivity index (χ1n) is 7.55. The zero-order valence-electron chi connectivity index (χ0n) is 13.3. The summed E-state index contributed by atoms with van der Waals surface area (Å²) in [5, 5.41) is 14.0. The highest BCUT2D eigenvalue weighted by Crippen LogP contribution is 2.20. The van der Waals surface area contributed by atoms with Crippen LogP contribution in [0.25, 0.3) is 0 Å². The van der Waals surface area contributed by atoms with Gasteiger partial charge in [0, 0.05) is 17.6 Å². The second kappa shape index (κ2) is 7.40. The molecule has 7 heteroatoms. The minimum Gasteiger partial charge on any atom is -0.355 e. The van der Waals surface area contributed by atoms with E-state index in [1.54, 1.807) is 30.3 Å². The Morgan fingerprint density at radius 3 is 2.35 bits per heavy atom. The summed E-state index contributed by atoms with van der Waals surface area (Å²) in [4.78, 5) is 16.2. The topological polar surface area (TPSA) is 77.8 Å². The number of anilines is 3. The maximum absolute atomic E-state index is 13.6. The van der Waals surface area contributed by atoms with Gasteiger partial charge in [-0.2, -0.15) is 5.26 Å². The molecule has 0 unspecified atom stereocenters. The van der Waals surface area contributed by atoms with Crippen LogP contribution in [0.5, 0.6) is 0 Å². The fourth-order valence-electron chi connectivity index (χ4n) is 2.22. The lowest BCUT2D eigenvalue weighted by molar-refractivity contribution is 0.102. The summed E-state index contributed by atoms with van der Waals surface area (Å²) in [6.45, 7) is 0. The number of pyridine rings is 1. The van der Waals surface area contributed by atoms with Crippen LogP contribution >= 0.6 is 0 Å². The summed E-state index contributed by atoms with van der Waals surface area (Å²) in [7, 11) is 0. The second-order valence-electron chi connectivity index (χ2n) is 5.29. The van der Waals surface area contributed by atoms with Crippen LogP contribution in [0.4, 0.5) is 25.8 Å². The van der Waals surface area contributed by atoms with Crippen molar-refractivity contribution >= 4 is 23.0 Å². The Bertz CT molecular complexity index is 977. The highest BCUT2D eigenvalue weighted by molar-refractivity contribution is 6.03. The van der Waals surface area contributed by atoms with Gasteiger partial charge < -0.3 is 10.6 Å². The number of halogens is 2. The van der Waals surface area contributed by atoms with Crippen molar-refractivity contribution in [3.8, 4) is 6.07 Å². The van der Waals surface area contributed by atoms with Crippen LogP contribution in [0.1, 0.15) is 16.1 Å². The number of amides is 1. The number of benzene rings is 2. The van der Waals surface area contributed by atoms with E-state index in [0.717, 1.165) is 12.1 Å². The van der Waals surface area contributed by atoms with Crippen LogP contribution in [0.2, 0.25) is 0 Å². The predicted molar refractivity (Wildman–Crippen MR) is 93.0 cm³/mol. The molecule has 2 aromatic carbocycles. The van der Waals surface area contributed by atoms with Crippen LogP contribution < -0.4 is 10.6 Å². The van der Waals surface area contributed by atoms with Gasteiger partial charge >= 0.3 is 0 Å². The number of rotatable bonds is 4. The van der Waals surface area contributed by atoms with Crippen molar-refractivity contribution in [1.29, 1.82) is 5.26 Å². The summed E-state index contributed by atoms with van der Waals surface area (Å²) in [5.41, 5.74) is 1.26. The van der Waals surface area contributed by atoms with Crippen LogP contribution in [0.15, 0.2) is 60.8 Å². The fourth-order valence-corrected chi connectivity index (χ4v) is 2.22. The Morgan fingerprint density at radius 2 is 1.69 bits per heavy atom. The molecule has 0 aliphatic carbocycles. The minimum absolute atomic E-state index is 0.00806. The Labute approximate surface area is 147 Å². The summed E-state index contributed by atoms with van der Waals surface area (Å²) >= 11 is 0. The molecule has 26 heavy (non-hydrogen) atoms. The molecule has 0 radical (unpaired) electrons. The summed E-state index contributed by atoms with van der Waals surface area (Å²) in [5.74, 6) is -2.48. The Morgan fingerprint density at radius 1 is 1.00 bits per heavy atom. The average Bonchev–Trinajstić information content (AvgIpc) is 2.65. The molecule has 128 valence electrons. The molecule has 3 rings (SSSR count). The van der Waals surface area contributed by atoms with Gasteiger partial charge in [-0.05, 0) is 48.5 Å². The highest BCUT2D eigenvalue weighted by atomic mass is 19.1. The van der Waals surface area contributed by atoms with E-state index in [4.69, 9.17) is 5.26 Å². The fraction of sp³-hybridized carbons (Fsp3) is 0. The van der Waals surface area contributed by atoms with Gasteiger partial charge in [0.25, 0.3) is 5.91 Å². The number of nitrogens with one attached hydrogen (secondary N) is 2. The van der Waals surface area contributed by atoms with Crippen molar-refractivity contribution < 1.29 is 13.6 Å². The third-order valence-electron chi connectivity index (χ3n) is 3.50. The molecule has 0 spiro atoms. The normalized spacial score (nSPS) is 10.0. The number of para-hydroxylation sites is 1. The van der Waals surface area contributed by atoms with E-state index in [1.807, 2.05) is 6.07 Å². The minimum atomic E-state index is -0.870. The third kappa shape index (κ3) is 3.82. The first-order chi connectivity index (χ1) is 12.6. The first kappa shape index (κ1) is 17.0. The number of aromatic nitrogens is 1. The molecule has 2 N–H and O–H groups in total. The van der Waals surface area contributed by atoms with Crippen molar-refractivity contribution in [2.75, 3.05) is 10.6 Å². The molecule has 1 heterocycles. The van der Waals surface area contributed by atoms with Crippen molar-refractivity contribution in [3.05, 3.63) is 83.7 Å². The van der Waals surface area contributed by atoms with Gasteiger partial charge in [-0.1, -0.05) is 6.07 Å². The molecule has 0 saturated carbocycles. The van der Waals surface area contributed by atoms with Crippen LogP contribution in [-0.2, 0) is 0 Å². The smallest absolute Gasteiger partial charge is 0.274 e. The Balaban J connectivity index is 1.78. The molecule has 0 atom stereocenters. The van der Waals surface area contributed by atoms with Crippen molar-refractivity contribution in [2.45, 2.75) is 0 Å². The van der Waals surface area contributed by atoms with Gasteiger partial charge in [0.05, 0.1) is 11.6 Å². The number of carbonyl (C=O) groups is 1. The Kier molecular flexibility index (Phi) is 4.85. The first-order valence-corrected chi connectivity index (χ1v) is 7.55. The zero-order chi connectivity index (χ0) is 18.5. The van der Waals surface area contributed by atoms with Crippen LogP contribution in [0, 0.1) is 23.0 Å². The summed E-state index contributed by atoms with van der Waals surface area (Å²) < 4.78 is 27.3. The molecular formula is C19H12F2N4O. The largest absolute Gasteiger partial charge is 0.355 e. The monoisotopic (exact) mass is 350 g/mol. The number of hydrogen-bond donors (Lipinski definition) is 2. The number of nitriles is 1. The van der Waals surface area contributed by atoms with E-state index >= 15 is 0 Å². The van der Waals surface area contributed by atoms with E-state index in [1.165, 1.54) is 18.3 Å². The van der Waals surface area contributed by atoms with Gasteiger partial charge in [-0.3, -0.25) is 9.78 Å². The lowest BCUT2D eigenvalue weighted by Gasteiger charge is -2.09. The van der Waals surface area contributed by atoms with E-state index < -0.39 is 23.2 Å².